The van der Waals surface area contributed by atoms with E-state index in [9.17, 15) is 24.8 Å². The van der Waals surface area contributed by atoms with Gasteiger partial charge in [-0.1, -0.05) is 0 Å². The topological polar surface area (TPSA) is 131 Å². The molecule has 0 radical (unpaired) electrons. The molecule has 162 valence electrons. The summed E-state index contributed by atoms with van der Waals surface area (Å²) < 4.78 is 11.0. The lowest BCUT2D eigenvalue weighted by atomic mass is 10.1. The molecule has 4 rings (SSSR count). The molecule has 2 amide bonds. The molecular weight excluding hydrogens is 406 g/mol. The normalized spacial score (nSPS) is 18.5. The van der Waals surface area contributed by atoms with Crippen LogP contribution in [-0.4, -0.2) is 48.1 Å². The first kappa shape index (κ1) is 20.6. The fraction of sp³-hybridized carbons (Fsp3) is 0.333. The fourth-order valence-electron chi connectivity index (χ4n) is 3.61. The Balaban J connectivity index is 1.34. The van der Waals surface area contributed by atoms with Gasteiger partial charge in [0.15, 0.2) is 11.5 Å². The summed E-state index contributed by atoms with van der Waals surface area (Å²) in [5.74, 6) is 0.124. The summed E-state index contributed by atoms with van der Waals surface area (Å²) in [6.45, 7) is 1.07. The zero-order valence-electron chi connectivity index (χ0n) is 16.5. The lowest BCUT2D eigenvalue weighted by molar-refractivity contribution is -0.384. The minimum Gasteiger partial charge on any atom is -0.486 e. The molecule has 0 unspecified atom stereocenters. The van der Waals surface area contributed by atoms with E-state index in [2.05, 4.69) is 5.32 Å². The number of nitro benzene ring substituents is 1. The first-order chi connectivity index (χ1) is 14.9. The summed E-state index contributed by atoms with van der Waals surface area (Å²) >= 11 is 0. The van der Waals surface area contributed by atoms with Crippen molar-refractivity contribution in [2.24, 2.45) is 5.92 Å². The minimum atomic E-state index is -1.02. The zero-order chi connectivity index (χ0) is 22.0. The number of fused-ring (bicyclic) bond motifs is 1. The van der Waals surface area contributed by atoms with Gasteiger partial charge >= 0.3 is 0 Å². The van der Waals surface area contributed by atoms with Crippen molar-refractivity contribution in [3.8, 4) is 11.5 Å². The van der Waals surface area contributed by atoms with Crippen molar-refractivity contribution < 1.29 is 29.1 Å². The number of aliphatic hydroxyl groups excluding tert-OH is 1. The molecule has 31 heavy (non-hydrogen) atoms. The van der Waals surface area contributed by atoms with Crippen molar-refractivity contribution in [3.05, 3.63) is 58.1 Å². The van der Waals surface area contributed by atoms with Gasteiger partial charge in [0.1, 0.15) is 13.2 Å². The number of nitrogens with zero attached hydrogens (tertiary/aromatic N) is 2. The molecule has 2 aliphatic heterocycles. The highest BCUT2D eigenvalue weighted by Crippen LogP contribution is 2.36. The second-order valence-corrected chi connectivity index (χ2v) is 7.34. The number of non-ortho nitro benzene ring substituents is 1. The van der Waals surface area contributed by atoms with Gasteiger partial charge in [-0.3, -0.25) is 19.7 Å². The van der Waals surface area contributed by atoms with Gasteiger partial charge in [0.2, 0.25) is 11.8 Å². The molecular formula is C21H21N3O7. The zero-order valence-corrected chi connectivity index (χ0v) is 16.5. The number of carbonyl (C=O) groups excluding carboxylic acids is 2. The number of rotatable bonds is 6. The summed E-state index contributed by atoms with van der Waals surface area (Å²) in [6, 6.07) is 10.7. The van der Waals surface area contributed by atoms with E-state index in [1.165, 1.54) is 29.2 Å². The standard InChI is InChI=1S/C21H21N3O7/c25-17(13-1-3-15(4-2-13)24(28)29)11-22-21(27)14-9-20(26)23(12-14)16-5-6-18-19(10-16)31-8-7-30-18/h1-6,10,14,17,25H,7-9,11-12H2,(H,22,27)/t14-,17-/m0/s1. The Morgan fingerprint density at radius 3 is 2.61 bits per heavy atom. The summed E-state index contributed by atoms with van der Waals surface area (Å²) in [5.41, 5.74) is 1.01. The maximum Gasteiger partial charge on any atom is 0.269 e. The number of nitro groups is 1. The van der Waals surface area contributed by atoms with E-state index in [-0.39, 0.29) is 37.0 Å². The van der Waals surface area contributed by atoms with E-state index < -0.39 is 16.9 Å². The molecule has 0 spiro atoms. The molecule has 0 saturated carbocycles. The Kier molecular flexibility index (Phi) is 5.72. The van der Waals surface area contributed by atoms with Crippen LogP contribution in [0.15, 0.2) is 42.5 Å². The number of carbonyl (C=O) groups is 2. The number of nitrogens with one attached hydrogen (secondary N) is 1. The quantitative estimate of drug-likeness (QED) is 0.528. The van der Waals surface area contributed by atoms with Gasteiger partial charge in [-0.05, 0) is 29.8 Å². The molecule has 2 aromatic carbocycles. The molecule has 0 aliphatic carbocycles. The van der Waals surface area contributed by atoms with Crippen LogP contribution in [0.25, 0.3) is 0 Å². The van der Waals surface area contributed by atoms with Crippen LogP contribution in [0.4, 0.5) is 11.4 Å². The number of amides is 2. The van der Waals surface area contributed by atoms with E-state index in [4.69, 9.17) is 9.47 Å². The van der Waals surface area contributed by atoms with E-state index in [1.807, 2.05) is 0 Å². The van der Waals surface area contributed by atoms with Crippen LogP contribution in [0.2, 0.25) is 0 Å². The monoisotopic (exact) mass is 427 g/mol. The second kappa shape index (κ2) is 8.60. The lowest BCUT2D eigenvalue weighted by Crippen LogP contribution is -2.35. The smallest absolute Gasteiger partial charge is 0.269 e. The highest BCUT2D eigenvalue weighted by Gasteiger charge is 2.35. The Morgan fingerprint density at radius 2 is 1.90 bits per heavy atom. The first-order valence-electron chi connectivity index (χ1n) is 9.82. The van der Waals surface area contributed by atoms with E-state index >= 15 is 0 Å². The highest BCUT2D eigenvalue weighted by atomic mass is 16.6. The van der Waals surface area contributed by atoms with Crippen molar-refractivity contribution in [2.45, 2.75) is 12.5 Å². The molecule has 2 N–H and O–H groups in total. The summed E-state index contributed by atoms with van der Waals surface area (Å²) in [4.78, 5) is 36.7. The Labute approximate surface area is 177 Å². The van der Waals surface area contributed by atoms with Gasteiger partial charge in [-0.25, -0.2) is 0 Å². The van der Waals surface area contributed by atoms with Crippen LogP contribution in [0.5, 0.6) is 11.5 Å². The van der Waals surface area contributed by atoms with Crippen LogP contribution in [0.1, 0.15) is 18.1 Å². The molecule has 2 aromatic rings. The Bertz CT molecular complexity index is 1010. The van der Waals surface area contributed by atoms with Gasteiger partial charge in [0.05, 0.1) is 16.9 Å². The van der Waals surface area contributed by atoms with Crippen molar-refractivity contribution in [1.82, 2.24) is 5.32 Å². The van der Waals surface area contributed by atoms with E-state index in [0.29, 0.717) is 36.0 Å². The minimum absolute atomic E-state index is 0.0634. The number of anilines is 1. The molecule has 1 saturated heterocycles. The van der Waals surface area contributed by atoms with Gasteiger partial charge in [0, 0.05) is 43.4 Å². The lowest BCUT2D eigenvalue weighted by Gasteiger charge is -2.22. The largest absolute Gasteiger partial charge is 0.486 e. The molecule has 2 aliphatic rings. The maximum absolute atomic E-state index is 12.5. The first-order valence-corrected chi connectivity index (χ1v) is 9.82. The van der Waals surface area contributed by atoms with Crippen molar-refractivity contribution in [1.29, 1.82) is 0 Å². The molecule has 2 atom stereocenters. The van der Waals surface area contributed by atoms with Crippen molar-refractivity contribution in [2.75, 3.05) is 31.2 Å². The third-order valence-electron chi connectivity index (χ3n) is 5.29. The Hall–Kier alpha value is -3.66. The number of ether oxygens (including phenoxy) is 2. The van der Waals surface area contributed by atoms with Crippen LogP contribution in [0, 0.1) is 16.0 Å². The van der Waals surface area contributed by atoms with Crippen LogP contribution < -0.4 is 19.7 Å². The van der Waals surface area contributed by atoms with Gasteiger partial charge in [-0.2, -0.15) is 0 Å². The molecule has 2 heterocycles. The number of aliphatic hydroxyl groups is 1. The van der Waals surface area contributed by atoms with Crippen molar-refractivity contribution >= 4 is 23.2 Å². The van der Waals surface area contributed by atoms with Gasteiger partial charge in [0.25, 0.3) is 5.69 Å². The predicted molar refractivity (Wildman–Crippen MR) is 109 cm³/mol. The van der Waals surface area contributed by atoms with Crippen LogP contribution >= 0.6 is 0 Å². The summed E-state index contributed by atoms with van der Waals surface area (Å²) in [6.07, 6.45) is -0.954. The average Bonchev–Trinajstić information content (AvgIpc) is 3.18. The molecule has 0 bridgehead atoms. The highest BCUT2D eigenvalue weighted by molar-refractivity contribution is 6.00. The second-order valence-electron chi connectivity index (χ2n) is 7.34. The molecule has 1 fully saturated rings. The summed E-state index contributed by atoms with van der Waals surface area (Å²) in [7, 11) is 0. The maximum atomic E-state index is 12.5. The Morgan fingerprint density at radius 1 is 1.19 bits per heavy atom. The van der Waals surface area contributed by atoms with Crippen LogP contribution in [-0.2, 0) is 9.59 Å². The third kappa shape index (κ3) is 4.43. The van der Waals surface area contributed by atoms with Gasteiger partial charge < -0.3 is 24.8 Å². The average molecular weight is 427 g/mol. The van der Waals surface area contributed by atoms with E-state index in [0.717, 1.165) is 0 Å². The fourth-order valence-corrected chi connectivity index (χ4v) is 3.61. The molecule has 10 heteroatoms. The SMILES string of the molecule is O=C(NC[C@H](O)c1ccc([N+](=O)[O-])cc1)[C@H]1CC(=O)N(c2ccc3c(c2)OCCO3)C1. The number of hydrogen-bond donors (Lipinski definition) is 2. The number of benzene rings is 2. The van der Waals surface area contributed by atoms with Crippen LogP contribution in [0.3, 0.4) is 0 Å². The third-order valence-corrected chi connectivity index (χ3v) is 5.29. The van der Waals surface area contributed by atoms with Crippen molar-refractivity contribution in [3.63, 3.8) is 0 Å². The number of hydrogen-bond acceptors (Lipinski definition) is 7. The predicted octanol–water partition coefficient (Wildman–Crippen LogP) is 1.57. The molecule has 10 nitrogen and oxygen atoms in total. The molecule has 0 aromatic heterocycles. The summed E-state index contributed by atoms with van der Waals surface area (Å²) in [5, 5.41) is 23.6. The van der Waals surface area contributed by atoms with E-state index in [1.54, 1.807) is 18.2 Å². The van der Waals surface area contributed by atoms with Gasteiger partial charge in [-0.15, -0.1) is 0 Å².